The molecular weight excluding hydrogens is 494 g/mol. The molecule has 0 radical (unpaired) electrons. The third-order valence-electron chi connectivity index (χ3n) is 8.11. The maximum atomic E-state index is 13.4. The van der Waals surface area contributed by atoms with E-state index in [4.69, 9.17) is 4.74 Å². The number of aromatic nitrogens is 1. The molecule has 3 N–H and O–H groups in total. The molecule has 0 bridgehead atoms. The van der Waals surface area contributed by atoms with E-state index in [1.165, 1.54) is 4.90 Å². The van der Waals surface area contributed by atoms with Crippen molar-refractivity contribution in [3.05, 3.63) is 95.7 Å². The monoisotopic (exact) mass is 523 g/mol. The van der Waals surface area contributed by atoms with E-state index < -0.39 is 29.6 Å². The van der Waals surface area contributed by atoms with Crippen molar-refractivity contribution in [3.63, 3.8) is 0 Å². The van der Waals surface area contributed by atoms with Crippen LogP contribution in [0.25, 0.3) is 22.0 Å². The van der Waals surface area contributed by atoms with E-state index >= 15 is 0 Å². The van der Waals surface area contributed by atoms with E-state index in [1.807, 2.05) is 60.7 Å². The van der Waals surface area contributed by atoms with Gasteiger partial charge in [-0.25, -0.2) is 9.59 Å². The van der Waals surface area contributed by atoms with Crippen molar-refractivity contribution in [1.82, 2.24) is 15.2 Å². The average molecular weight is 524 g/mol. The number of fused-ring (bicyclic) bond motifs is 4. The normalized spacial score (nSPS) is 18.0. The van der Waals surface area contributed by atoms with Crippen molar-refractivity contribution >= 4 is 28.9 Å². The summed E-state index contributed by atoms with van der Waals surface area (Å²) in [5.74, 6) is -1.61. The number of ether oxygens (including phenoxy) is 1. The molecule has 0 spiro atoms. The van der Waals surface area contributed by atoms with E-state index in [0.717, 1.165) is 38.7 Å². The number of H-pyrrole nitrogens is 1. The molecule has 1 aliphatic heterocycles. The Morgan fingerprint density at radius 1 is 1.03 bits per heavy atom. The van der Waals surface area contributed by atoms with E-state index in [2.05, 4.69) is 22.4 Å². The lowest BCUT2D eigenvalue weighted by molar-refractivity contribution is -0.156. The molecule has 8 nitrogen and oxygen atoms in total. The number of rotatable bonds is 7. The Morgan fingerprint density at radius 2 is 1.67 bits per heavy atom. The number of para-hydroxylation sites is 1. The van der Waals surface area contributed by atoms with Gasteiger partial charge in [0.05, 0.1) is 0 Å². The Labute approximate surface area is 225 Å². The van der Waals surface area contributed by atoms with Gasteiger partial charge in [-0.2, -0.15) is 0 Å². The lowest BCUT2D eigenvalue weighted by atomic mass is 9.91. The molecule has 198 valence electrons. The summed E-state index contributed by atoms with van der Waals surface area (Å²) in [7, 11) is 0. The van der Waals surface area contributed by atoms with Gasteiger partial charge in [-0.1, -0.05) is 66.7 Å². The highest BCUT2D eigenvalue weighted by atomic mass is 16.5. The fourth-order valence-electron chi connectivity index (χ4n) is 6.02. The Bertz CT molecular complexity index is 1550. The van der Waals surface area contributed by atoms with Crippen LogP contribution in [0, 0.1) is 0 Å². The first-order valence-corrected chi connectivity index (χ1v) is 13.1. The largest absolute Gasteiger partial charge is 0.479 e. The number of nitrogens with one attached hydrogen (secondary N) is 2. The number of alkyl carbamates (subject to hydrolysis) is 1. The van der Waals surface area contributed by atoms with Crippen molar-refractivity contribution in [1.29, 1.82) is 0 Å². The zero-order valence-corrected chi connectivity index (χ0v) is 21.5. The number of amides is 2. The molecule has 1 aliphatic carbocycles. The molecule has 0 unspecified atom stereocenters. The van der Waals surface area contributed by atoms with E-state index in [9.17, 15) is 19.5 Å². The first-order chi connectivity index (χ1) is 18.9. The summed E-state index contributed by atoms with van der Waals surface area (Å²) in [6, 6.07) is 22.9. The zero-order valence-electron chi connectivity index (χ0n) is 21.5. The minimum atomic E-state index is -1.47. The maximum Gasteiger partial charge on any atom is 0.407 e. The van der Waals surface area contributed by atoms with Gasteiger partial charge >= 0.3 is 12.1 Å². The van der Waals surface area contributed by atoms with Gasteiger partial charge in [0.15, 0.2) is 0 Å². The number of benzene rings is 3. The molecule has 1 saturated heterocycles. The Hall–Kier alpha value is -4.59. The van der Waals surface area contributed by atoms with Crippen molar-refractivity contribution in [2.45, 2.75) is 37.3 Å². The third kappa shape index (κ3) is 4.22. The number of carboxylic acid groups (broad SMARTS) is 1. The number of carbonyl (C=O) groups excluding carboxylic acids is 2. The second-order valence-corrected chi connectivity index (χ2v) is 10.4. The highest BCUT2D eigenvalue weighted by Gasteiger charge is 2.48. The lowest BCUT2D eigenvalue weighted by Crippen LogP contribution is -2.56. The number of carboxylic acids is 1. The van der Waals surface area contributed by atoms with Crippen LogP contribution < -0.4 is 5.32 Å². The van der Waals surface area contributed by atoms with Crippen LogP contribution >= 0.6 is 0 Å². The van der Waals surface area contributed by atoms with Gasteiger partial charge in [0, 0.05) is 36.0 Å². The first-order valence-electron chi connectivity index (χ1n) is 13.1. The molecule has 1 fully saturated rings. The second-order valence-electron chi connectivity index (χ2n) is 10.4. The number of aromatic amines is 1. The summed E-state index contributed by atoms with van der Waals surface area (Å²) >= 11 is 0. The molecule has 39 heavy (non-hydrogen) atoms. The van der Waals surface area contributed by atoms with Gasteiger partial charge in [0.1, 0.15) is 18.2 Å². The summed E-state index contributed by atoms with van der Waals surface area (Å²) in [4.78, 5) is 43.2. The topological polar surface area (TPSA) is 112 Å². The van der Waals surface area contributed by atoms with Crippen LogP contribution in [0.3, 0.4) is 0 Å². The fourth-order valence-corrected chi connectivity index (χ4v) is 6.02. The van der Waals surface area contributed by atoms with Crippen LogP contribution in [0.2, 0.25) is 0 Å². The lowest BCUT2D eigenvalue weighted by Gasteiger charge is -2.35. The van der Waals surface area contributed by atoms with E-state index in [0.29, 0.717) is 6.42 Å². The number of aliphatic carboxylic acids is 1. The fraction of sp³-hybridized carbons (Fsp3) is 0.258. The minimum Gasteiger partial charge on any atom is -0.479 e. The number of carbonyl (C=O) groups is 3. The Morgan fingerprint density at radius 3 is 2.36 bits per heavy atom. The molecule has 1 aromatic heterocycles. The molecule has 2 aliphatic rings. The van der Waals surface area contributed by atoms with E-state index in [-0.39, 0.29) is 25.5 Å². The van der Waals surface area contributed by atoms with Gasteiger partial charge in [-0.15, -0.1) is 0 Å². The minimum absolute atomic E-state index is 0.0922. The molecule has 2 heterocycles. The van der Waals surface area contributed by atoms with Gasteiger partial charge in [0.25, 0.3) is 0 Å². The highest BCUT2D eigenvalue weighted by molar-refractivity contribution is 5.93. The van der Waals surface area contributed by atoms with Crippen LogP contribution in [-0.4, -0.2) is 57.7 Å². The smallest absolute Gasteiger partial charge is 0.407 e. The average Bonchev–Trinajstić information content (AvgIpc) is 3.61. The summed E-state index contributed by atoms with van der Waals surface area (Å²) in [6.07, 6.45) is 1.54. The van der Waals surface area contributed by atoms with Gasteiger partial charge in [-0.3, -0.25) is 4.79 Å². The number of hydrogen-bond acceptors (Lipinski definition) is 4. The third-order valence-corrected chi connectivity index (χ3v) is 8.11. The quantitative estimate of drug-likeness (QED) is 0.325. The highest BCUT2D eigenvalue weighted by Crippen LogP contribution is 2.44. The molecule has 0 saturated carbocycles. The van der Waals surface area contributed by atoms with Crippen molar-refractivity contribution in [2.24, 2.45) is 0 Å². The molecule has 3 aromatic carbocycles. The number of hydrogen-bond donors (Lipinski definition) is 3. The van der Waals surface area contributed by atoms with Crippen LogP contribution in [0.5, 0.6) is 0 Å². The predicted octanol–water partition coefficient (Wildman–Crippen LogP) is 4.69. The van der Waals surface area contributed by atoms with Crippen LogP contribution in [0.1, 0.15) is 36.0 Å². The number of likely N-dealkylation sites (tertiary alicyclic amines) is 1. The van der Waals surface area contributed by atoms with Gasteiger partial charge < -0.3 is 25.0 Å². The van der Waals surface area contributed by atoms with Crippen molar-refractivity contribution in [2.75, 3.05) is 13.2 Å². The summed E-state index contributed by atoms with van der Waals surface area (Å²) < 4.78 is 5.61. The molecule has 4 aromatic rings. The SMILES string of the molecule is C[C@](Cc1c[nH]c2ccccc12)(C(=O)O)N1CC[C@H](NC(=O)OCC2c3ccccc3-c3ccccc32)C1=O. The molecule has 2 amide bonds. The molecular formula is C31H29N3O5. The van der Waals surface area contributed by atoms with Gasteiger partial charge in [0.2, 0.25) is 5.91 Å². The summed E-state index contributed by atoms with van der Waals surface area (Å²) in [6.45, 7) is 1.92. The summed E-state index contributed by atoms with van der Waals surface area (Å²) in [5.41, 5.74) is 4.71. The first kappa shape index (κ1) is 24.7. The Kier molecular flexibility index (Phi) is 6.10. The van der Waals surface area contributed by atoms with Crippen molar-refractivity contribution < 1.29 is 24.2 Å². The van der Waals surface area contributed by atoms with Crippen LogP contribution in [-0.2, 0) is 20.7 Å². The Balaban J connectivity index is 1.13. The van der Waals surface area contributed by atoms with Crippen LogP contribution in [0.4, 0.5) is 4.79 Å². The number of nitrogens with zero attached hydrogens (tertiary/aromatic N) is 1. The standard InChI is InChI=1S/C31H29N3O5/c1-31(29(36)37,16-19-17-32-26-13-7-6-8-20(19)26)34-15-14-27(28(34)35)33-30(38)39-18-25-23-11-4-2-9-21(23)22-10-3-5-12-24(22)25/h2-13,17,25,27,32H,14-16,18H2,1H3,(H,33,38)(H,36,37)/t27-,31-/m0/s1. The van der Waals surface area contributed by atoms with E-state index in [1.54, 1.807) is 13.1 Å². The maximum absolute atomic E-state index is 13.4. The molecule has 2 atom stereocenters. The zero-order chi connectivity index (χ0) is 27.1. The van der Waals surface area contributed by atoms with Gasteiger partial charge in [-0.05, 0) is 47.2 Å². The summed E-state index contributed by atoms with van der Waals surface area (Å²) in [5, 5.41) is 13.8. The molecule has 6 rings (SSSR count). The van der Waals surface area contributed by atoms with Crippen LogP contribution in [0.15, 0.2) is 79.0 Å². The second kappa shape index (κ2) is 9.62. The molecule has 8 heteroatoms. The predicted molar refractivity (Wildman–Crippen MR) is 146 cm³/mol. The van der Waals surface area contributed by atoms with Crippen molar-refractivity contribution in [3.8, 4) is 11.1 Å².